The highest BCUT2D eigenvalue weighted by Gasteiger charge is 2.27. The van der Waals surface area contributed by atoms with Crippen molar-refractivity contribution in [2.45, 2.75) is 19.5 Å². The second-order valence-corrected chi connectivity index (χ2v) is 5.32. The van der Waals surface area contributed by atoms with Crippen LogP contribution in [0.1, 0.15) is 24.1 Å². The van der Waals surface area contributed by atoms with Gasteiger partial charge in [-0.1, -0.05) is 31.2 Å². The summed E-state index contributed by atoms with van der Waals surface area (Å²) in [5.41, 5.74) is 3.02. The van der Waals surface area contributed by atoms with Crippen LogP contribution in [-0.2, 0) is 6.54 Å². The van der Waals surface area contributed by atoms with Crippen LogP contribution in [0.3, 0.4) is 0 Å². The molecule has 18 heavy (non-hydrogen) atoms. The molecule has 0 aliphatic carbocycles. The van der Waals surface area contributed by atoms with Gasteiger partial charge in [-0.25, -0.2) is 0 Å². The predicted octanol–water partition coefficient (Wildman–Crippen LogP) is 1.47. The molecule has 0 bridgehead atoms. The Bertz CT molecular complexity index is 396. The molecule has 0 amide bonds. The van der Waals surface area contributed by atoms with E-state index in [2.05, 4.69) is 46.3 Å². The zero-order chi connectivity index (χ0) is 12.4. The number of nitrogens with zero attached hydrogens (tertiary/aromatic N) is 2. The fourth-order valence-corrected chi connectivity index (χ4v) is 3.19. The molecular formula is C15H23N3. The van der Waals surface area contributed by atoms with Gasteiger partial charge in [0.1, 0.15) is 0 Å². The minimum atomic E-state index is 0.578. The van der Waals surface area contributed by atoms with Crippen LogP contribution in [0.4, 0.5) is 0 Å². The summed E-state index contributed by atoms with van der Waals surface area (Å²) >= 11 is 0. The molecule has 1 N–H and O–H groups in total. The standard InChI is InChI=1S/C15H23N3/c1-2-17-7-9-18(10-8-17)15-12-16-11-13-5-3-4-6-14(13)15/h3-6,15-16H,2,7-12H2,1H3/t15-/m1/s1. The van der Waals surface area contributed by atoms with Crippen LogP contribution >= 0.6 is 0 Å². The molecule has 0 unspecified atom stereocenters. The quantitative estimate of drug-likeness (QED) is 0.851. The van der Waals surface area contributed by atoms with Gasteiger partial charge >= 0.3 is 0 Å². The lowest BCUT2D eigenvalue weighted by Crippen LogP contribution is -2.50. The maximum Gasteiger partial charge on any atom is 0.0477 e. The average Bonchev–Trinajstić information content (AvgIpc) is 2.47. The van der Waals surface area contributed by atoms with Gasteiger partial charge in [-0.3, -0.25) is 4.90 Å². The topological polar surface area (TPSA) is 18.5 Å². The van der Waals surface area contributed by atoms with Crippen LogP contribution < -0.4 is 5.32 Å². The van der Waals surface area contributed by atoms with Crippen LogP contribution in [0, 0.1) is 0 Å². The number of rotatable bonds is 2. The van der Waals surface area contributed by atoms with Crippen molar-refractivity contribution in [2.75, 3.05) is 39.3 Å². The molecule has 1 aromatic rings. The van der Waals surface area contributed by atoms with Gasteiger partial charge in [-0.15, -0.1) is 0 Å². The smallest absolute Gasteiger partial charge is 0.0477 e. The van der Waals surface area contributed by atoms with Crippen molar-refractivity contribution in [1.29, 1.82) is 0 Å². The largest absolute Gasteiger partial charge is 0.311 e. The molecule has 0 aromatic heterocycles. The predicted molar refractivity (Wildman–Crippen MR) is 74.6 cm³/mol. The summed E-state index contributed by atoms with van der Waals surface area (Å²) in [6, 6.07) is 9.48. The molecule has 1 aromatic carbocycles. The number of likely N-dealkylation sites (N-methyl/N-ethyl adjacent to an activating group) is 1. The number of hydrogen-bond donors (Lipinski definition) is 1. The van der Waals surface area contributed by atoms with E-state index in [1.54, 1.807) is 5.56 Å². The summed E-state index contributed by atoms with van der Waals surface area (Å²) in [6.45, 7) is 10.4. The van der Waals surface area contributed by atoms with Gasteiger partial charge in [0.15, 0.2) is 0 Å². The Morgan fingerprint density at radius 2 is 1.94 bits per heavy atom. The maximum absolute atomic E-state index is 3.56. The Morgan fingerprint density at radius 1 is 1.17 bits per heavy atom. The number of hydrogen-bond acceptors (Lipinski definition) is 3. The fourth-order valence-electron chi connectivity index (χ4n) is 3.19. The molecule has 0 spiro atoms. The third kappa shape index (κ3) is 2.30. The molecule has 2 aliphatic rings. The number of fused-ring (bicyclic) bond motifs is 1. The second-order valence-electron chi connectivity index (χ2n) is 5.32. The van der Waals surface area contributed by atoms with Crippen molar-refractivity contribution in [1.82, 2.24) is 15.1 Å². The highest BCUT2D eigenvalue weighted by Crippen LogP contribution is 2.27. The Balaban J connectivity index is 1.74. The lowest BCUT2D eigenvalue weighted by molar-refractivity contribution is 0.0949. The summed E-state index contributed by atoms with van der Waals surface area (Å²) in [4.78, 5) is 5.19. The Kier molecular flexibility index (Phi) is 3.64. The molecule has 98 valence electrons. The van der Waals surface area contributed by atoms with Crippen LogP contribution in [0.5, 0.6) is 0 Å². The summed E-state index contributed by atoms with van der Waals surface area (Å²) in [7, 11) is 0. The van der Waals surface area contributed by atoms with E-state index in [1.165, 1.54) is 38.3 Å². The molecule has 1 saturated heterocycles. The number of benzene rings is 1. The molecule has 3 rings (SSSR count). The lowest BCUT2D eigenvalue weighted by Gasteiger charge is -2.41. The monoisotopic (exact) mass is 245 g/mol. The normalized spacial score (nSPS) is 25.9. The van der Waals surface area contributed by atoms with Gasteiger partial charge in [0.25, 0.3) is 0 Å². The Labute approximate surface area is 110 Å². The first-order valence-corrected chi connectivity index (χ1v) is 7.13. The van der Waals surface area contributed by atoms with E-state index in [0.29, 0.717) is 6.04 Å². The van der Waals surface area contributed by atoms with E-state index in [0.717, 1.165) is 13.1 Å². The van der Waals surface area contributed by atoms with Crippen molar-refractivity contribution in [3.8, 4) is 0 Å². The van der Waals surface area contributed by atoms with Crippen LogP contribution in [-0.4, -0.2) is 49.1 Å². The first-order chi connectivity index (χ1) is 8.88. The van der Waals surface area contributed by atoms with E-state index in [-0.39, 0.29) is 0 Å². The minimum absolute atomic E-state index is 0.578. The van der Waals surface area contributed by atoms with Gasteiger partial charge in [-0.05, 0) is 17.7 Å². The van der Waals surface area contributed by atoms with Crippen LogP contribution in [0.15, 0.2) is 24.3 Å². The van der Waals surface area contributed by atoms with Crippen molar-refractivity contribution >= 4 is 0 Å². The molecule has 0 saturated carbocycles. The van der Waals surface area contributed by atoms with Gasteiger partial charge < -0.3 is 10.2 Å². The molecule has 2 heterocycles. The fraction of sp³-hybridized carbons (Fsp3) is 0.600. The number of piperazine rings is 1. The van der Waals surface area contributed by atoms with Gasteiger partial charge in [0.05, 0.1) is 0 Å². The zero-order valence-corrected chi connectivity index (χ0v) is 11.2. The average molecular weight is 245 g/mol. The SMILES string of the molecule is CCN1CCN([C@@H]2CNCc3ccccc32)CC1. The lowest BCUT2D eigenvalue weighted by atomic mass is 9.95. The molecule has 1 fully saturated rings. The Morgan fingerprint density at radius 3 is 2.72 bits per heavy atom. The van der Waals surface area contributed by atoms with E-state index < -0.39 is 0 Å². The second kappa shape index (κ2) is 5.39. The van der Waals surface area contributed by atoms with Gasteiger partial charge in [-0.2, -0.15) is 0 Å². The van der Waals surface area contributed by atoms with Crippen LogP contribution in [0.25, 0.3) is 0 Å². The van der Waals surface area contributed by atoms with Crippen molar-refractivity contribution in [3.05, 3.63) is 35.4 Å². The van der Waals surface area contributed by atoms with Gasteiger partial charge in [0, 0.05) is 45.3 Å². The van der Waals surface area contributed by atoms with Crippen LogP contribution in [0.2, 0.25) is 0 Å². The van der Waals surface area contributed by atoms with E-state index in [4.69, 9.17) is 0 Å². The highest BCUT2D eigenvalue weighted by atomic mass is 15.3. The number of nitrogens with one attached hydrogen (secondary N) is 1. The maximum atomic E-state index is 3.56. The highest BCUT2D eigenvalue weighted by molar-refractivity contribution is 5.32. The third-order valence-electron chi connectivity index (χ3n) is 4.36. The van der Waals surface area contributed by atoms with E-state index >= 15 is 0 Å². The first kappa shape index (κ1) is 12.2. The Hall–Kier alpha value is -0.900. The molecule has 3 nitrogen and oxygen atoms in total. The zero-order valence-electron chi connectivity index (χ0n) is 11.2. The summed E-state index contributed by atoms with van der Waals surface area (Å²) in [6.07, 6.45) is 0. The molecular weight excluding hydrogens is 222 g/mol. The van der Waals surface area contributed by atoms with Crippen molar-refractivity contribution in [2.24, 2.45) is 0 Å². The van der Waals surface area contributed by atoms with Gasteiger partial charge in [0.2, 0.25) is 0 Å². The molecule has 2 aliphatic heterocycles. The summed E-state index contributed by atoms with van der Waals surface area (Å²) in [5.74, 6) is 0. The minimum Gasteiger partial charge on any atom is -0.311 e. The van der Waals surface area contributed by atoms with Crippen molar-refractivity contribution in [3.63, 3.8) is 0 Å². The molecule has 3 heteroatoms. The van der Waals surface area contributed by atoms with E-state index in [1.807, 2.05) is 0 Å². The molecule has 1 atom stereocenters. The van der Waals surface area contributed by atoms with Crippen molar-refractivity contribution < 1.29 is 0 Å². The molecule has 0 radical (unpaired) electrons. The van der Waals surface area contributed by atoms with E-state index in [9.17, 15) is 0 Å². The first-order valence-electron chi connectivity index (χ1n) is 7.13. The summed E-state index contributed by atoms with van der Waals surface area (Å²) in [5, 5.41) is 3.56. The summed E-state index contributed by atoms with van der Waals surface area (Å²) < 4.78 is 0. The third-order valence-corrected chi connectivity index (χ3v) is 4.36.